The normalized spacial score (nSPS) is 16.8. The van der Waals surface area contributed by atoms with Gasteiger partial charge in [-0.05, 0) is 23.8 Å². The topological polar surface area (TPSA) is 118 Å². The fourth-order valence-corrected chi connectivity index (χ4v) is 3.80. The number of imide groups is 1. The summed E-state index contributed by atoms with van der Waals surface area (Å²) in [6.45, 7) is 0. The number of amides is 2. The monoisotopic (exact) mass is 369 g/mol. The van der Waals surface area contributed by atoms with E-state index < -0.39 is 29.0 Å². The highest BCUT2D eigenvalue weighted by atomic mass is 32.2. The van der Waals surface area contributed by atoms with Crippen molar-refractivity contribution >= 4 is 41.2 Å². The molecule has 1 atom stereocenters. The molecule has 0 unspecified atom stereocenters. The molecular formula is C18H11NO6S-2. The van der Waals surface area contributed by atoms with Crippen LogP contribution in [0.5, 0.6) is 0 Å². The number of nitrogens with zero attached hydrogens (tertiary/aromatic N) is 1. The number of carbonyl (C=O) groups is 4. The highest BCUT2D eigenvalue weighted by molar-refractivity contribution is 8.00. The van der Waals surface area contributed by atoms with E-state index in [-0.39, 0.29) is 23.2 Å². The number of carbonyl (C=O) groups excluding carboxylic acids is 4. The van der Waals surface area contributed by atoms with E-state index >= 15 is 0 Å². The Labute approximate surface area is 152 Å². The zero-order chi connectivity index (χ0) is 18.8. The van der Waals surface area contributed by atoms with E-state index in [0.717, 1.165) is 16.7 Å². The maximum atomic E-state index is 12.6. The van der Waals surface area contributed by atoms with Gasteiger partial charge in [-0.2, -0.15) is 0 Å². The zero-order valence-corrected chi connectivity index (χ0v) is 14.0. The van der Waals surface area contributed by atoms with Crippen LogP contribution in [0.1, 0.15) is 27.1 Å². The molecule has 1 heterocycles. The Kier molecular flexibility index (Phi) is 4.77. The smallest absolute Gasteiger partial charge is 0.247 e. The Hall–Kier alpha value is -3.13. The molecule has 132 valence electrons. The second-order valence-corrected chi connectivity index (χ2v) is 6.74. The van der Waals surface area contributed by atoms with Crippen molar-refractivity contribution in [1.29, 1.82) is 0 Å². The van der Waals surface area contributed by atoms with E-state index in [0.29, 0.717) is 4.90 Å². The first-order chi connectivity index (χ1) is 12.4. The molecule has 0 bridgehead atoms. The summed E-state index contributed by atoms with van der Waals surface area (Å²) in [6, 6.07) is 11.4. The SMILES string of the molecule is O=C([O-])c1cccc(N2C(=O)C[C@H](Sc3ccccc3C(=O)[O-])C2=O)c1. The second kappa shape index (κ2) is 7.01. The molecule has 2 aromatic rings. The lowest BCUT2D eigenvalue weighted by Crippen LogP contribution is -2.31. The van der Waals surface area contributed by atoms with E-state index in [1.54, 1.807) is 6.07 Å². The van der Waals surface area contributed by atoms with Crippen LogP contribution in [-0.4, -0.2) is 29.0 Å². The lowest BCUT2D eigenvalue weighted by atomic mass is 10.2. The number of benzene rings is 2. The van der Waals surface area contributed by atoms with Gasteiger partial charge < -0.3 is 19.8 Å². The minimum Gasteiger partial charge on any atom is -0.545 e. The van der Waals surface area contributed by atoms with Crippen LogP contribution in [0.25, 0.3) is 0 Å². The van der Waals surface area contributed by atoms with Crippen LogP contribution >= 0.6 is 11.8 Å². The maximum absolute atomic E-state index is 12.6. The molecular weight excluding hydrogens is 358 g/mol. The van der Waals surface area contributed by atoms with Gasteiger partial charge in [0.1, 0.15) is 0 Å². The third kappa shape index (κ3) is 3.31. The predicted octanol–water partition coefficient (Wildman–Crippen LogP) is -0.162. The standard InChI is InChI=1S/C18H13NO6S/c20-15-9-14(26-13-7-2-1-6-12(13)18(24)25)16(21)19(15)11-5-3-4-10(8-11)17(22)23/h1-8,14H,9H2,(H,22,23)(H,24,25)/p-2/t14-/m0/s1. The Morgan fingerprint density at radius 1 is 1.00 bits per heavy atom. The van der Waals surface area contributed by atoms with Crippen LogP contribution in [0.4, 0.5) is 5.69 Å². The number of rotatable bonds is 5. The molecule has 0 radical (unpaired) electrons. The quantitative estimate of drug-likeness (QED) is 0.672. The second-order valence-electron chi connectivity index (χ2n) is 5.50. The van der Waals surface area contributed by atoms with E-state index in [4.69, 9.17) is 0 Å². The van der Waals surface area contributed by atoms with E-state index in [2.05, 4.69) is 0 Å². The highest BCUT2D eigenvalue weighted by Crippen LogP contribution is 2.35. The van der Waals surface area contributed by atoms with Crippen molar-refractivity contribution in [3.8, 4) is 0 Å². The van der Waals surface area contributed by atoms with Crippen molar-refractivity contribution in [3.63, 3.8) is 0 Å². The van der Waals surface area contributed by atoms with Gasteiger partial charge in [0.15, 0.2) is 0 Å². The van der Waals surface area contributed by atoms with Crippen molar-refractivity contribution in [2.75, 3.05) is 4.90 Å². The molecule has 7 nitrogen and oxygen atoms in total. The minimum atomic E-state index is -1.42. The molecule has 2 amide bonds. The number of hydrogen-bond acceptors (Lipinski definition) is 7. The van der Waals surface area contributed by atoms with Gasteiger partial charge in [-0.15, -0.1) is 11.8 Å². The molecule has 0 aromatic heterocycles. The Balaban J connectivity index is 1.87. The van der Waals surface area contributed by atoms with Crippen LogP contribution in [0.3, 0.4) is 0 Å². The van der Waals surface area contributed by atoms with Crippen LogP contribution in [0.2, 0.25) is 0 Å². The van der Waals surface area contributed by atoms with E-state index in [1.807, 2.05) is 0 Å². The summed E-state index contributed by atoms with van der Waals surface area (Å²) in [6.07, 6.45) is -0.125. The average Bonchev–Trinajstić information content (AvgIpc) is 2.89. The molecule has 1 fully saturated rings. The fourth-order valence-electron chi connectivity index (χ4n) is 2.63. The van der Waals surface area contributed by atoms with Crippen LogP contribution in [0, 0.1) is 0 Å². The Bertz CT molecular complexity index is 925. The largest absolute Gasteiger partial charge is 0.545 e. The molecule has 0 N–H and O–H groups in total. The summed E-state index contributed by atoms with van der Waals surface area (Å²) < 4.78 is 0. The summed E-state index contributed by atoms with van der Waals surface area (Å²) in [4.78, 5) is 48.3. The lowest BCUT2D eigenvalue weighted by Gasteiger charge is -2.17. The van der Waals surface area contributed by atoms with Gasteiger partial charge in [0.05, 0.1) is 22.9 Å². The van der Waals surface area contributed by atoms with Crippen LogP contribution in [0.15, 0.2) is 53.4 Å². The molecule has 8 heteroatoms. The van der Waals surface area contributed by atoms with Gasteiger partial charge >= 0.3 is 0 Å². The number of anilines is 1. The summed E-state index contributed by atoms with van der Waals surface area (Å²) in [5.41, 5.74) is -0.0744. The minimum absolute atomic E-state index is 0.0600. The molecule has 26 heavy (non-hydrogen) atoms. The van der Waals surface area contributed by atoms with Crippen LogP contribution < -0.4 is 15.1 Å². The number of thioether (sulfide) groups is 1. The van der Waals surface area contributed by atoms with Crippen molar-refractivity contribution in [3.05, 3.63) is 59.7 Å². The molecule has 1 aliphatic heterocycles. The number of carboxylic acid groups (broad SMARTS) is 2. The third-order valence-corrected chi connectivity index (χ3v) is 5.08. The molecule has 0 spiro atoms. The van der Waals surface area contributed by atoms with Gasteiger partial charge in [-0.25, -0.2) is 4.90 Å². The van der Waals surface area contributed by atoms with Gasteiger partial charge in [0.2, 0.25) is 11.8 Å². The lowest BCUT2D eigenvalue weighted by molar-refractivity contribution is -0.256. The van der Waals surface area contributed by atoms with Gasteiger partial charge in [-0.1, -0.05) is 30.3 Å². The average molecular weight is 369 g/mol. The summed E-state index contributed by atoms with van der Waals surface area (Å²) in [5.74, 6) is -3.82. The highest BCUT2D eigenvalue weighted by Gasteiger charge is 2.40. The zero-order valence-electron chi connectivity index (χ0n) is 13.2. The van der Waals surface area contributed by atoms with E-state index in [9.17, 15) is 29.4 Å². The molecule has 2 aromatic carbocycles. The van der Waals surface area contributed by atoms with Crippen molar-refractivity contribution in [2.45, 2.75) is 16.6 Å². The Morgan fingerprint density at radius 2 is 1.73 bits per heavy atom. The number of carboxylic acids is 2. The number of aromatic carboxylic acids is 2. The van der Waals surface area contributed by atoms with Gasteiger partial charge in [0, 0.05) is 16.9 Å². The summed E-state index contributed by atoms with van der Waals surface area (Å²) in [5, 5.41) is 21.3. The van der Waals surface area contributed by atoms with Crippen molar-refractivity contribution in [2.24, 2.45) is 0 Å². The Morgan fingerprint density at radius 3 is 2.42 bits per heavy atom. The van der Waals surface area contributed by atoms with Crippen molar-refractivity contribution < 1.29 is 29.4 Å². The molecule has 0 saturated carbocycles. The molecule has 1 aliphatic rings. The molecule has 3 rings (SSSR count). The molecule has 1 saturated heterocycles. The summed E-state index contributed by atoms with van der Waals surface area (Å²) >= 11 is 0.965. The van der Waals surface area contributed by atoms with Gasteiger partial charge in [0.25, 0.3) is 0 Å². The predicted molar refractivity (Wildman–Crippen MR) is 88.3 cm³/mol. The first kappa shape index (κ1) is 17.7. The first-order valence-corrected chi connectivity index (χ1v) is 8.41. The van der Waals surface area contributed by atoms with E-state index in [1.165, 1.54) is 42.5 Å². The first-order valence-electron chi connectivity index (χ1n) is 7.53. The van der Waals surface area contributed by atoms with Gasteiger partial charge in [-0.3, -0.25) is 9.59 Å². The van der Waals surface area contributed by atoms with Crippen LogP contribution in [-0.2, 0) is 9.59 Å². The van der Waals surface area contributed by atoms with Crippen molar-refractivity contribution in [1.82, 2.24) is 0 Å². The summed E-state index contributed by atoms with van der Waals surface area (Å²) in [7, 11) is 0. The third-order valence-electron chi connectivity index (χ3n) is 3.82. The fraction of sp³-hybridized carbons (Fsp3) is 0.111. The number of hydrogen-bond donors (Lipinski definition) is 0. The molecule has 0 aliphatic carbocycles. The maximum Gasteiger partial charge on any atom is 0.247 e.